The molecule has 0 unspecified atom stereocenters. The van der Waals surface area contributed by atoms with E-state index in [9.17, 15) is 9.59 Å². The maximum atomic E-state index is 12.3. The third-order valence-corrected chi connectivity index (χ3v) is 5.95. The van der Waals surface area contributed by atoms with Crippen molar-refractivity contribution in [2.24, 2.45) is 0 Å². The van der Waals surface area contributed by atoms with E-state index >= 15 is 0 Å². The number of thioether (sulfide) groups is 1. The van der Waals surface area contributed by atoms with E-state index in [4.69, 9.17) is 0 Å². The quantitative estimate of drug-likeness (QED) is 0.553. The van der Waals surface area contributed by atoms with Gasteiger partial charge in [0.15, 0.2) is 4.96 Å². The van der Waals surface area contributed by atoms with Crippen molar-refractivity contribution < 1.29 is 4.79 Å². The molecule has 0 saturated heterocycles. The molecule has 0 radical (unpaired) electrons. The van der Waals surface area contributed by atoms with Crippen molar-refractivity contribution >= 4 is 50.4 Å². The summed E-state index contributed by atoms with van der Waals surface area (Å²) in [6.45, 7) is 1.95. The lowest BCUT2D eigenvalue weighted by atomic mass is 10.1. The molecule has 2 aromatic heterocycles. The van der Waals surface area contributed by atoms with Crippen LogP contribution in [0.2, 0.25) is 0 Å². The summed E-state index contributed by atoms with van der Waals surface area (Å²) in [5.41, 5.74) is 1.43. The van der Waals surface area contributed by atoms with Crippen molar-refractivity contribution in [1.82, 2.24) is 9.38 Å². The molecule has 4 aromatic rings. The lowest BCUT2D eigenvalue weighted by Gasteiger charge is -2.08. The van der Waals surface area contributed by atoms with Crippen LogP contribution in [0.3, 0.4) is 0 Å². The van der Waals surface area contributed by atoms with E-state index in [1.54, 1.807) is 10.6 Å². The van der Waals surface area contributed by atoms with E-state index in [-0.39, 0.29) is 11.5 Å². The Morgan fingerprint density at radius 1 is 1.22 bits per heavy atom. The molecule has 0 spiro atoms. The fourth-order valence-electron chi connectivity index (χ4n) is 2.90. The van der Waals surface area contributed by atoms with Crippen molar-refractivity contribution in [3.63, 3.8) is 0 Å². The molecule has 1 amide bonds. The maximum absolute atomic E-state index is 12.3. The molecule has 136 valence electrons. The van der Waals surface area contributed by atoms with Crippen LogP contribution in [0, 0.1) is 6.92 Å². The van der Waals surface area contributed by atoms with Crippen molar-refractivity contribution in [2.75, 3.05) is 11.1 Å². The number of aryl methyl sites for hydroxylation is 1. The molecule has 0 saturated carbocycles. The normalized spacial score (nSPS) is 11.1. The molecule has 0 aliphatic carbocycles. The summed E-state index contributed by atoms with van der Waals surface area (Å²) in [5, 5.41) is 5.08. The highest BCUT2D eigenvalue weighted by Crippen LogP contribution is 2.23. The van der Waals surface area contributed by atoms with Crippen LogP contribution in [-0.2, 0) is 10.5 Å². The Morgan fingerprint density at radius 2 is 2.04 bits per heavy atom. The Bertz CT molecular complexity index is 1190. The van der Waals surface area contributed by atoms with E-state index in [0.717, 1.165) is 21.3 Å². The van der Waals surface area contributed by atoms with E-state index in [1.165, 1.54) is 29.2 Å². The fourth-order valence-corrected chi connectivity index (χ4v) is 4.47. The molecule has 4 rings (SSSR count). The van der Waals surface area contributed by atoms with E-state index in [2.05, 4.69) is 10.3 Å². The second-order valence-corrected chi connectivity index (χ2v) is 8.35. The van der Waals surface area contributed by atoms with Crippen LogP contribution >= 0.6 is 23.1 Å². The number of rotatable bonds is 5. The van der Waals surface area contributed by atoms with Crippen molar-refractivity contribution in [2.45, 2.75) is 12.7 Å². The van der Waals surface area contributed by atoms with Gasteiger partial charge in [-0.25, -0.2) is 4.98 Å². The van der Waals surface area contributed by atoms with Crippen LogP contribution in [-0.4, -0.2) is 21.0 Å². The number of carbonyl (C=O) groups excluding carboxylic acids is 1. The number of aromatic nitrogens is 2. The Kier molecular flexibility index (Phi) is 4.96. The number of anilines is 1. The Morgan fingerprint density at radius 3 is 2.93 bits per heavy atom. The van der Waals surface area contributed by atoms with E-state index in [0.29, 0.717) is 22.2 Å². The number of thiazole rings is 1. The molecule has 0 aliphatic rings. The fraction of sp³-hybridized carbons (Fsp3) is 0.150. The molecular weight excluding hydrogens is 378 g/mol. The average molecular weight is 396 g/mol. The largest absolute Gasteiger partial charge is 0.325 e. The number of hydrogen-bond acceptors (Lipinski definition) is 5. The first-order chi connectivity index (χ1) is 13.1. The smallest absolute Gasteiger partial charge is 0.258 e. The van der Waals surface area contributed by atoms with Crippen molar-refractivity contribution in [3.05, 3.63) is 75.7 Å². The zero-order valence-corrected chi connectivity index (χ0v) is 16.3. The van der Waals surface area contributed by atoms with Gasteiger partial charge in [0.25, 0.3) is 5.56 Å². The summed E-state index contributed by atoms with van der Waals surface area (Å²) in [7, 11) is 0. The Balaban J connectivity index is 1.40. The summed E-state index contributed by atoms with van der Waals surface area (Å²) >= 11 is 2.93. The first kappa shape index (κ1) is 17.8. The second kappa shape index (κ2) is 7.54. The number of fused-ring (bicyclic) bond motifs is 2. The first-order valence-electron chi connectivity index (χ1n) is 8.44. The predicted molar refractivity (Wildman–Crippen MR) is 113 cm³/mol. The summed E-state index contributed by atoms with van der Waals surface area (Å²) < 4.78 is 1.56. The minimum atomic E-state index is -0.0832. The van der Waals surface area contributed by atoms with Gasteiger partial charge < -0.3 is 5.32 Å². The highest BCUT2D eigenvalue weighted by molar-refractivity contribution is 7.99. The number of carbonyl (C=O) groups is 1. The lowest BCUT2D eigenvalue weighted by Crippen LogP contribution is -2.15. The third kappa shape index (κ3) is 3.89. The number of amides is 1. The van der Waals surface area contributed by atoms with Crippen LogP contribution in [0.15, 0.2) is 59.5 Å². The molecule has 1 N–H and O–H groups in total. The van der Waals surface area contributed by atoms with Gasteiger partial charge in [0, 0.05) is 34.0 Å². The molecule has 0 bridgehead atoms. The average Bonchev–Trinajstić information content (AvgIpc) is 3.03. The predicted octanol–water partition coefficient (Wildman–Crippen LogP) is 4.09. The maximum Gasteiger partial charge on any atom is 0.258 e. The van der Waals surface area contributed by atoms with Crippen LogP contribution in [0.4, 0.5) is 5.69 Å². The minimum Gasteiger partial charge on any atom is -0.325 e. The molecule has 27 heavy (non-hydrogen) atoms. The standard InChI is InChI=1S/C20H17N3O2S2/c1-13-10-23-19(25)9-15(21-20(23)27-13)11-26-12-18(24)22-17-8-4-6-14-5-2-3-7-16(14)17/h2-10H,11-12H2,1H3,(H,22,24). The number of hydrogen-bond donors (Lipinski definition) is 1. The molecule has 0 aliphatic heterocycles. The monoisotopic (exact) mass is 395 g/mol. The molecule has 7 heteroatoms. The van der Waals surface area contributed by atoms with Crippen molar-refractivity contribution in [3.8, 4) is 0 Å². The van der Waals surface area contributed by atoms with Crippen LogP contribution in [0.25, 0.3) is 15.7 Å². The Labute approximate surface area is 164 Å². The van der Waals surface area contributed by atoms with Gasteiger partial charge in [-0.05, 0) is 18.4 Å². The van der Waals surface area contributed by atoms with Gasteiger partial charge in [-0.2, -0.15) is 0 Å². The van der Waals surface area contributed by atoms with Gasteiger partial charge in [0.2, 0.25) is 5.91 Å². The van der Waals surface area contributed by atoms with Gasteiger partial charge in [-0.1, -0.05) is 36.4 Å². The lowest BCUT2D eigenvalue weighted by molar-refractivity contribution is -0.113. The van der Waals surface area contributed by atoms with Crippen LogP contribution in [0.1, 0.15) is 10.6 Å². The molecule has 2 aromatic carbocycles. The number of benzene rings is 2. The number of nitrogens with one attached hydrogen (secondary N) is 1. The summed E-state index contributed by atoms with van der Waals surface area (Å²) in [6.07, 6.45) is 1.80. The first-order valence-corrected chi connectivity index (χ1v) is 10.4. The molecule has 5 nitrogen and oxygen atoms in total. The third-order valence-electron chi connectivity index (χ3n) is 4.08. The highest BCUT2D eigenvalue weighted by Gasteiger charge is 2.08. The van der Waals surface area contributed by atoms with Gasteiger partial charge in [0.1, 0.15) is 0 Å². The SMILES string of the molecule is Cc1cn2c(=O)cc(CSCC(=O)Nc3cccc4ccccc34)nc2s1. The molecule has 0 fully saturated rings. The van der Waals surface area contributed by atoms with Crippen molar-refractivity contribution in [1.29, 1.82) is 0 Å². The van der Waals surface area contributed by atoms with Gasteiger partial charge in [0.05, 0.1) is 11.4 Å². The Hall–Kier alpha value is -2.64. The molecule has 2 heterocycles. The number of nitrogens with zero attached hydrogens (tertiary/aromatic N) is 2. The highest BCUT2D eigenvalue weighted by atomic mass is 32.2. The summed E-state index contributed by atoms with van der Waals surface area (Å²) in [4.78, 5) is 30.7. The zero-order chi connectivity index (χ0) is 18.8. The molecule has 0 atom stereocenters. The van der Waals surface area contributed by atoms with Crippen LogP contribution < -0.4 is 10.9 Å². The van der Waals surface area contributed by atoms with Gasteiger partial charge in [-0.3, -0.25) is 14.0 Å². The molecular formula is C20H17N3O2S2. The van der Waals surface area contributed by atoms with Gasteiger partial charge in [-0.15, -0.1) is 23.1 Å². The second-order valence-electron chi connectivity index (χ2n) is 6.15. The topological polar surface area (TPSA) is 63.5 Å². The van der Waals surface area contributed by atoms with Crippen LogP contribution in [0.5, 0.6) is 0 Å². The van der Waals surface area contributed by atoms with E-state index in [1.807, 2.05) is 49.4 Å². The minimum absolute atomic E-state index is 0.0684. The summed E-state index contributed by atoms with van der Waals surface area (Å²) in [5.74, 6) is 0.750. The zero-order valence-electron chi connectivity index (χ0n) is 14.6. The summed E-state index contributed by atoms with van der Waals surface area (Å²) in [6, 6.07) is 15.3. The van der Waals surface area contributed by atoms with Gasteiger partial charge >= 0.3 is 0 Å². The van der Waals surface area contributed by atoms with E-state index < -0.39 is 0 Å².